The van der Waals surface area contributed by atoms with Crippen molar-refractivity contribution >= 4 is 6.03 Å². The fourth-order valence-electron chi connectivity index (χ4n) is 0.758. The van der Waals surface area contributed by atoms with E-state index in [0.717, 1.165) is 0 Å². The second-order valence-electron chi connectivity index (χ2n) is 1.98. The largest absolute Gasteiger partial charge is 0.373 e. The van der Waals surface area contributed by atoms with Gasteiger partial charge in [0.25, 0.3) is 0 Å². The summed E-state index contributed by atoms with van der Waals surface area (Å²) in [7, 11) is 0. The molecule has 0 saturated carbocycles. The number of carbonyl (C=O) groups is 1. The molecule has 0 radical (unpaired) electrons. The molecule has 6 nitrogen and oxygen atoms in total. The van der Waals surface area contributed by atoms with Crippen molar-refractivity contribution < 1.29 is 20.1 Å². The van der Waals surface area contributed by atoms with E-state index in [0.29, 0.717) is 11.4 Å². The van der Waals surface area contributed by atoms with Crippen molar-refractivity contribution in [3.63, 3.8) is 0 Å². The summed E-state index contributed by atoms with van der Waals surface area (Å²) >= 11 is 0. The van der Waals surface area contributed by atoms with Crippen LogP contribution in [-0.4, -0.2) is 45.4 Å². The minimum Gasteiger partial charge on any atom is -0.336 e. The van der Waals surface area contributed by atoms with Crippen LogP contribution in [-0.2, 0) is 0 Å². The Labute approximate surface area is 56.7 Å². The molecule has 58 valence electrons. The Bertz CT molecular complexity index is 152. The van der Waals surface area contributed by atoms with Gasteiger partial charge in [0.05, 0.1) is 0 Å². The van der Waals surface area contributed by atoms with Crippen LogP contribution in [0.15, 0.2) is 0 Å². The Kier molecular flexibility index (Phi) is 1.51. The van der Waals surface area contributed by atoms with Gasteiger partial charge in [-0.15, -0.1) is 0 Å². The van der Waals surface area contributed by atoms with Crippen molar-refractivity contribution in [3.8, 4) is 0 Å². The summed E-state index contributed by atoms with van der Waals surface area (Å²) in [5.74, 6) is 0. The van der Waals surface area contributed by atoms with Gasteiger partial charge >= 0.3 is 12.1 Å². The van der Waals surface area contributed by atoms with Gasteiger partial charge in [0.15, 0.2) is 0 Å². The highest BCUT2D eigenvalue weighted by Gasteiger charge is 2.36. The summed E-state index contributed by atoms with van der Waals surface area (Å²) in [5, 5.41) is 27.7. The fraction of sp³-hybridized carbons (Fsp3) is 0.750. The van der Waals surface area contributed by atoms with Crippen molar-refractivity contribution in [2.24, 2.45) is 0 Å². The molecule has 10 heavy (non-hydrogen) atoms. The van der Waals surface area contributed by atoms with E-state index in [4.69, 9.17) is 15.3 Å². The van der Waals surface area contributed by atoms with E-state index in [1.807, 2.05) is 0 Å². The average molecular weight is 148 g/mol. The molecule has 1 fully saturated rings. The van der Waals surface area contributed by atoms with Crippen LogP contribution in [0.3, 0.4) is 0 Å². The molecule has 0 spiro atoms. The zero-order chi connectivity index (χ0) is 7.78. The molecule has 1 aliphatic heterocycles. The fourth-order valence-corrected chi connectivity index (χ4v) is 0.758. The zero-order valence-electron chi connectivity index (χ0n) is 5.11. The van der Waals surface area contributed by atoms with Crippen LogP contribution < -0.4 is 5.32 Å². The molecule has 0 aromatic rings. The van der Waals surface area contributed by atoms with Gasteiger partial charge in [-0.2, -0.15) is 0 Å². The summed E-state index contributed by atoms with van der Waals surface area (Å²) in [6, 6.07) is -0.687. The van der Waals surface area contributed by atoms with Crippen LogP contribution in [0.2, 0.25) is 0 Å². The van der Waals surface area contributed by atoms with E-state index in [9.17, 15) is 4.79 Å². The molecule has 1 rings (SSSR count). The first-order chi connectivity index (χ1) is 4.52. The molecule has 0 aliphatic carbocycles. The Morgan fingerprint density at radius 3 is 2.30 bits per heavy atom. The Morgan fingerprint density at radius 2 is 2.10 bits per heavy atom. The molecule has 1 saturated heterocycles. The lowest BCUT2D eigenvalue weighted by molar-refractivity contribution is -0.375. The van der Waals surface area contributed by atoms with Crippen molar-refractivity contribution in [2.75, 3.05) is 13.1 Å². The van der Waals surface area contributed by atoms with Gasteiger partial charge in [-0.1, -0.05) is 0 Å². The maximum Gasteiger partial charge on any atom is 0.373 e. The van der Waals surface area contributed by atoms with Gasteiger partial charge in [-0.05, 0) is 0 Å². The quantitative estimate of drug-likeness (QED) is 0.312. The number of hydrogen-bond donors (Lipinski definition) is 4. The van der Waals surface area contributed by atoms with Gasteiger partial charge in [-0.3, -0.25) is 0 Å². The molecule has 0 atom stereocenters. The standard InChI is InChI=1S/C4H8N2O4/c7-3-5-1-2-6(3)4(8,9)10/h8-10H,1-2H2,(H,5,7). The molecule has 0 bridgehead atoms. The number of nitrogens with one attached hydrogen (secondary N) is 1. The summed E-state index contributed by atoms with van der Waals surface area (Å²) in [6.07, 6.45) is -3.03. The van der Waals surface area contributed by atoms with Crippen LogP contribution in [0.5, 0.6) is 0 Å². The topological polar surface area (TPSA) is 93.0 Å². The molecular weight excluding hydrogens is 140 g/mol. The van der Waals surface area contributed by atoms with E-state index in [1.165, 1.54) is 0 Å². The number of amides is 2. The van der Waals surface area contributed by atoms with Crippen molar-refractivity contribution in [1.82, 2.24) is 10.2 Å². The second kappa shape index (κ2) is 2.08. The summed E-state index contributed by atoms with van der Waals surface area (Å²) in [6.45, 7) is 0.393. The van der Waals surface area contributed by atoms with Crippen molar-refractivity contribution in [2.45, 2.75) is 6.10 Å². The summed E-state index contributed by atoms with van der Waals surface area (Å²) in [4.78, 5) is 11.1. The lowest BCUT2D eigenvalue weighted by Gasteiger charge is -2.23. The maximum absolute atomic E-state index is 10.6. The smallest absolute Gasteiger partial charge is 0.336 e. The predicted octanol–water partition coefficient (Wildman–Crippen LogP) is -2.40. The molecule has 0 aromatic heterocycles. The Morgan fingerprint density at radius 1 is 1.50 bits per heavy atom. The molecule has 0 unspecified atom stereocenters. The van der Waals surface area contributed by atoms with E-state index < -0.39 is 12.1 Å². The van der Waals surface area contributed by atoms with Crippen molar-refractivity contribution in [1.29, 1.82) is 0 Å². The molecule has 6 heteroatoms. The van der Waals surface area contributed by atoms with Crippen LogP contribution in [0.4, 0.5) is 4.79 Å². The monoisotopic (exact) mass is 148 g/mol. The number of urea groups is 1. The zero-order valence-corrected chi connectivity index (χ0v) is 5.11. The molecule has 4 N–H and O–H groups in total. The van der Waals surface area contributed by atoms with Gasteiger partial charge in [-0.25, -0.2) is 9.69 Å². The highest BCUT2D eigenvalue weighted by atomic mass is 16.7. The van der Waals surface area contributed by atoms with Gasteiger partial charge in [0.1, 0.15) is 0 Å². The molecule has 1 heterocycles. The number of nitrogens with zero attached hydrogens (tertiary/aromatic N) is 1. The molecular formula is C4H8N2O4. The maximum atomic E-state index is 10.6. The highest BCUT2D eigenvalue weighted by molar-refractivity contribution is 5.76. The first-order valence-electron chi connectivity index (χ1n) is 2.74. The third kappa shape index (κ3) is 1.18. The lowest BCUT2D eigenvalue weighted by Crippen LogP contribution is -2.50. The van der Waals surface area contributed by atoms with Gasteiger partial charge in [0, 0.05) is 13.1 Å². The van der Waals surface area contributed by atoms with Crippen LogP contribution >= 0.6 is 0 Å². The minimum absolute atomic E-state index is 0.0856. The average Bonchev–Trinajstić information content (AvgIpc) is 2.11. The van der Waals surface area contributed by atoms with Crippen LogP contribution in [0.25, 0.3) is 0 Å². The predicted molar refractivity (Wildman–Crippen MR) is 29.5 cm³/mol. The molecule has 0 aromatic carbocycles. The second-order valence-corrected chi connectivity index (χ2v) is 1.98. The lowest BCUT2D eigenvalue weighted by atomic mass is 10.6. The molecule has 1 aliphatic rings. The van der Waals surface area contributed by atoms with Crippen LogP contribution in [0.1, 0.15) is 0 Å². The van der Waals surface area contributed by atoms with Gasteiger partial charge < -0.3 is 20.6 Å². The van der Waals surface area contributed by atoms with E-state index in [2.05, 4.69) is 5.32 Å². The van der Waals surface area contributed by atoms with E-state index in [1.54, 1.807) is 0 Å². The van der Waals surface area contributed by atoms with E-state index in [-0.39, 0.29) is 6.54 Å². The third-order valence-corrected chi connectivity index (χ3v) is 1.22. The van der Waals surface area contributed by atoms with Crippen molar-refractivity contribution in [3.05, 3.63) is 0 Å². The molecule has 2 amide bonds. The SMILES string of the molecule is O=C1NCCN1C(O)(O)O. The minimum atomic E-state index is -3.03. The number of aliphatic hydroxyl groups is 3. The summed E-state index contributed by atoms with van der Waals surface area (Å²) in [5.41, 5.74) is 0. The van der Waals surface area contributed by atoms with Crippen LogP contribution in [0, 0.1) is 0 Å². The highest BCUT2D eigenvalue weighted by Crippen LogP contribution is 2.06. The van der Waals surface area contributed by atoms with Gasteiger partial charge in [0.2, 0.25) is 0 Å². The summed E-state index contributed by atoms with van der Waals surface area (Å²) < 4.78 is 0. The number of carbonyl (C=O) groups excluding carboxylic acids is 1. The first kappa shape index (κ1) is 7.26. The number of hydrogen-bond acceptors (Lipinski definition) is 4. The van der Waals surface area contributed by atoms with E-state index >= 15 is 0 Å². The Balaban J connectivity index is 2.64. The third-order valence-electron chi connectivity index (χ3n) is 1.22. The Hall–Kier alpha value is -0.850. The first-order valence-corrected chi connectivity index (χ1v) is 2.74. The normalized spacial score (nSPS) is 19.5. The number of rotatable bonds is 1.